The zero-order chi connectivity index (χ0) is 9.97. The van der Waals surface area contributed by atoms with Gasteiger partial charge in [-0.05, 0) is 37.4 Å². The Balaban J connectivity index is 2.17. The largest absolute Gasteiger partial charge is 0.392 e. The number of hydrogen-bond acceptors (Lipinski definition) is 3. The van der Waals surface area contributed by atoms with E-state index in [1.165, 1.54) is 5.56 Å². The lowest BCUT2D eigenvalue weighted by molar-refractivity contribution is 0.134. The predicted molar refractivity (Wildman–Crippen MR) is 55.0 cm³/mol. The number of aryl methyl sites for hydroxylation is 1. The van der Waals surface area contributed by atoms with Crippen LogP contribution in [0.5, 0.6) is 0 Å². The molecule has 0 fully saturated rings. The van der Waals surface area contributed by atoms with Gasteiger partial charge < -0.3 is 10.8 Å². The zero-order valence-corrected chi connectivity index (χ0v) is 8.19. The van der Waals surface area contributed by atoms with Crippen molar-refractivity contribution in [2.24, 2.45) is 5.73 Å². The first kappa shape index (κ1) is 9.62. The van der Waals surface area contributed by atoms with Gasteiger partial charge >= 0.3 is 0 Å². The van der Waals surface area contributed by atoms with Crippen molar-refractivity contribution < 1.29 is 5.11 Å². The van der Waals surface area contributed by atoms with E-state index in [0.29, 0.717) is 13.0 Å². The number of nitrogens with two attached hydrogens (primary N) is 1. The van der Waals surface area contributed by atoms with Crippen LogP contribution in [0.2, 0.25) is 0 Å². The highest BCUT2D eigenvalue weighted by molar-refractivity contribution is 5.29. The lowest BCUT2D eigenvalue weighted by Gasteiger charge is -2.17. The highest BCUT2D eigenvalue weighted by atomic mass is 16.3. The molecule has 2 rings (SSSR count). The number of aromatic nitrogens is 1. The Morgan fingerprint density at radius 2 is 2.50 bits per heavy atom. The van der Waals surface area contributed by atoms with Gasteiger partial charge in [-0.1, -0.05) is 6.07 Å². The van der Waals surface area contributed by atoms with Crippen molar-refractivity contribution in [2.45, 2.75) is 31.3 Å². The summed E-state index contributed by atoms with van der Waals surface area (Å²) in [5.74, 6) is 0.203. The van der Waals surface area contributed by atoms with Crippen LogP contribution in [0.15, 0.2) is 18.3 Å². The second-order valence-electron chi connectivity index (χ2n) is 3.84. The van der Waals surface area contributed by atoms with Gasteiger partial charge in [0.1, 0.15) is 0 Å². The number of rotatable bonds is 3. The summed E-state index contributed by atoms with van der Waals surface area (Å²) in [4.78, 5) is 4.34. The van der Waals surface area contributed by atoms with Crippen LogP contribution >= 0.6 is 0 Å². The monoisotopic (exact) mass is 192 g/mol. The van der Waals surface area contributed by atoms with E-state index in [4.69, 9.17) is 5.73 Å². The highest BCUT2D eigenvalue weighted by Gasteiger charge is 2.28. The average molecular weight is 192 g/mol. The molecule has 1 aromatic rings. The Kier molecular flexibility index (Phi) is 2.79. The topological polar surface area (TPSA) is 59.1 Å². The Morgan fingerprint density at radius 3 is 3.29 bits per heavy atom. The summed E-state index contributed by atoms with van der Waals surface area (Å²) >= 11 is 0. The molecule has 2 unspecified atom stereocenters. The number of nitrogens with zero attached hydrogens (tertiary/aromatic N) is 1. The predicted octanol–water partition coefficient (Wildman–Crippen LogP) is 0.821. The van der Waals surface area contributed by atoms with Crippen LogP contribution in [-0.2, 0) is 6.42 Å². The lowest BCUT2D eigenvalue weighted by Crippen LogP contribution is -2.21. The first-order valence-electron chi connectivity index (χ1n) is 5.15. The summed E-state index contributed by atoms with van der Waals surface area (Å²) in [6.07, 6.45) is 4.19. The van der Waals surface area contributed by atoms with Gasteiger partial charge in [0.25, 0.3) is 0 Å². The maximum absolute atomic E-state index is 9.88. The van der Waals surface area contributed by atoms with Gasteiger partial charge in [0.05, 0.1) is 6.10 Å². The minimum absolute atomic E-state index is 0.203. The summed E-state index contributed by atoms with van der Waals surface area (Å²) in [6.45, 7) is 0.542. The summed E-state index contributed by atoms with van der Waals surface area (Å²) in [7, 11) is 0. The maximum Gasteiger partial charge on any atom is 0.0636 e. The first-order chi connectivity index (χ1) is 6.83. The van der Waals surface area contributed by atoms with Gasteiger partial charge in [-0.25, -0.2) is 0 Å². The van der Waals surface area contributed by atoms with Gasteiger partial charge in [0.2, 0.25) is 0 Å². The fourth-order valence-corrected chi connectivity index (χ4v) is 2.19. The minimum Gasteiger partial charge on any atom is -0.392 e. The summed E-state index contributed by atoms with van der Waals surface area (Å²) in [6, 6.07) is 4.05. The molecular weight excluding hydrogens is 176 g/mol. The van der Waals surface area contributed by atoms with E-state index in [0.717, 1.165) is 18.5 Å². The van der Waals surface area contributed by atoms with Crippen LogP contribution in [0.4, 0.5) is 0 Å². The number of aliphatic hydroxyl groups is 1. The highest BCUT2D eigenvalue weighted by Crippen LogP contribution is 2.34. The molecule has 1 aromatic heterocycles. The lowest BCUT2D eigenvalue weighted by atomic mass is 9.97. The molecule has 3 heteroatoms. The van der Waals surface area contributed by atoms with Crippen molar-refractivity contribution in [3.8, 4) is 0 Å². The smallest absolute Gasteiger partial charge is 0.0636 e. The molecule has 14 heavy (non-hydrogen) atoms. The SMILES string of the molecule is NCCC(O)C1CCc2cccnc21. The molecule has 2 atom stereocenters. The zero-order valence-electron chi connectivity index (χ0n) is 8.19. The van der Waals surface area contributed by atoms with Crippen molar-refractivity contribution >= 4 is 0 Å². The summed E-state index contributed by atoms with van der Waals surface area (Å²) in [5, 5.41) is 9.88. The third kappa shape index (κ3) is 1.65. The van der Waals surface area contributed by atoms with E-state index < -0.39 is 0 Å². The fraction of sp³-hybridized carbons (Fsp3) is 0.545. The summed E-state index contributed by atoms with van der Waals surface area (Å²) in [5.41, 5.74) is 7.80. The van der Waals surface area contributed by atoms with Crippen molar-refractivity contribution in [1.82, 2.24) is 4.98 Å². The standard InChI is InChI=1S/C11H16N2O/c12-6-5-10(14)9-4-3-8-2-1-7-13-11(8)9/h1-2,7,9-10,14H,3-6,12H2. The van der Waals surface area contributed by atoms with Crippen LogP contribution in [0.3, 0.4) is 0 Å². The maximum atomic E-state index is 9.88. The van der Waals surface area contributed by atoms with Gasteiger partial charge in [-0.15, -0.1) is 0 Å². The van der Waals surface area contributed by atoms with E-state index >= 15 is 0 Å². The summed E-state index contributed by atoms with van der Waals surface area (Å²) < 4.78 is 0. The fourth-order valence-electron chi connectivity index (χ4n) is 2.19. The molecule has 0 radical (unpaired) electrons. The second kappa shape index (κ2) is 4.07. The molecular formula is C11H16N2O. The molecule has 76 valence electrons. The molecule has 1 heterocycles. The van der Waals surface area contributed by atoms with Crippen LogP contribution in [0, 0.1) is 0 Å². The number of aliphatic hydroxyl groups excluding tert-OH is 1. The third-order valence-electron chi connectivity index (χ3n) is 2.93. The van der Waals surface area contributed by atoms with Crippen molar-refractivity contribution in [3.63, 3.8) is 0 Å². The molecule has 1 aliphatic carbocycles. The van der Waals surface area contributed by atoms with Crippen molar-refractivity contribution in [2.75, 3.05) is 6.54 Å². The Bertz CT molecular complexity index is 314. The Morgan fingerprint density at radius 1 is 1.64 bits per heavy atom. The Hall–Kier alpha value is -0.930. The quantitative estimate of drug-likeness (QED) is 0.745. The van der Waals surface area contributed by atoms with Gasteiger partial charge in [0, 0.05) is 17.8 Å². The van der Waals surface area contributed by atoms with Crippen LogP contribution in [0.25, 0.3) is 0 Å². The molecule has 3 nitrogen and oxygen atoms in total. The average Bonchev–Trinajstić information content (AvgIpc) is 2.61. The molecule has 0 bridgehead atoms. The first-order valence-corrected chi connectivity index (χ1v) is 5.15. The van der Waals surface area contributed by atoms with Gasteiger partial charge in [0.15, 0.2) is 0 Å². The van der Waals surface area contributed by atoms with Crippen molar-refractivity contribution in [3.05, 3.63) is 29.6 Å². The molecule has 0 aromatic carbocycles. The van der Waals surface area contributed by atoms with Crippen LogP contribution < -0.4 is 5.73 Å². The van der Waals surface area contributed by atoms with Gasteiger partial charge in [-0.2, -0.15) is 0 Å². The van der Waals surface area contributed by atoms with Crippen LogP contribution in [0.1, 0.15) is 30.0 Å². The second-order valence-corrected chi connectivity index (χ2v) is 3.84. The molecule has 0 saturated carbocycles. The van der Waals surface area contributed by atoms with E-state index in [9.17, 15) is 5.11 Å². The molecule has 0 amide bonds. The van der Waals surface area contributed by atoms with E-state index in [-0.39, 0.29) is 12.0 Å². The third-order valence-corrected chi connectivity index (χ3v) is 2.93. The van der Waals surface area contributed by atoms with Crippen molar-refractivity contribution in [1.29, 1.82) is 0 Å². The number of pyridine rings is 1. The van der Waals surface area contributed by atoms with E-state index in [1.54, 1.807) is 6.20 Å². The Labute approximate surface area is 84.0 Å². The van der Waals surface area contributed by atoms with E-state index in [1.807, 2.05) is 6.07 Å². The molecule has 1 aliphatic rings. The molecule has 0 saturated heterocycles. The number of hydrogen-bond donors (Lipinski definition) is 2. The van der Waals surface area contributed by atoms with Gasteiger partial charge in [-0.3, -0.25) is 4.98 Å². The van der Waals surface area contributed by atoms with E-state index in [2.05, 4.69) is 11.1 Å². The van der Waals surface area contributed by atoms with Crippen LogP contribution in [-0.4, -0.2) is 22.7 Å². The molecule has 3 N–H and O–H groups in total. The minimum atomic E-state index is -0.323. The molecule has 0 spiro atoms. The molecule has 0 aliphatic heterocycles. The normalized spacial score (nSPS) is 22.0. The number of fused-ring (bicyclic) bond motifs is 1.